The zero-order chi connectivity index (χ0) is 21.4. The van der Waals surface area contributed by atoms with Crippen molar-refractivity contribution >= 4 is 44.5 Å². The van der Waals surface area contributed by atoms with E-state index < -0.39 is 0 Å². The third-order valence-corrected chi connectivity index (χ3v) is 5.64. The second-order valence-corrected chi connectivity index (χ2v) is 8.22. The summed E-state index contributed by atoms with van der Waals surface area (Å²) in [5, 5.41) is 10.2. The average molecular weight is 473 g/mol. The Morgan fingerprint density at radius 2 is 1.97 bits per heavy atom. The molecule has 2 heterocycles. The van der Waals surface area contributed by atoms with Crippen molar-refractivity contribution in [2.75, 3.05) is 5.32 Å². The third kappa shape index (κ3) is 4.13. The minimum absolute atomic E-state index is 0.0559. The normalized spacial score (nSPS) is 14.5. The Bertz CT molecular complexity index is 1180. The molecule has 0 radical (unpaired) electrons. The van der Waals surface area contributed by atoms with Crippen molar-refractivity contribution < 1.29 is 9.59 Å². The van der Waals surface area contributed by atoms with Crippen molar-refractivity contribution in [3.63, 3.8) is 0 Å². The molecule has 2 aromatic heterocycles. The zero-order valence-corrected chi connectivity index (χ0v) is 18.1. The number of hydrogen-bond donors (Lipinski definition) is 2. The Morgan fingerprint density at radius 3 is 2.63 bits per heavy atom. The number of aryl methyl sites for hydroxylation is 1. The van der Waals surface area contributed by atoms with Crippen LogP contribution in [0.4, 0.5) is 5.69 Å². The van der Waals surface area contributed by atoms with Crippen LogP contribution in [0.2, 0.25) is 0 Å². The minimum atomic E-state index is -0.335. The molecule has 1 aliphatic carbocycles. The summed E-state index contributed by atoms with van der Waals surface area (Å²) in [6.07, 6.45) is 3.26. The lowest BCUT2D eigenvalue weighted by atomic mass is 10.1. The molecule has 2 N–H and O–H groups in total. The first kappa shape index (κ1) is 20.3. The number of carbonyl (C=O) groups is 2. The summed E-state index contributed by atoms with van der Waals surface area (Å²) in [6, 6.07) is 7.10. The van der Waals surface area contributed by atoms with Crippen molar-refractivity contribution in [3.8, 4) is 0 Å². The smallest absolute Gasteiger partial charge is 0.266 e. The predicted octanol–water partition coefficient (Wildman–Crippen LogP) is 2.12. The Morgan fingerprint density at radius 1 is 1.27 bits per heavy atom. The molecule has 1 unspecified atom stereocenters. The maximum Gasteiger partial charge on any atom is 0.266 e. The SMILES string of the molecule is CC(NC(=O)Cn1cnc2c(c(Br)nn2C)c1=O)c1ccc(NC(=O)C2CC2)cc1. The van der Waals surface area contributed by atoms with Crippen molar-refractivity contribution in [2.24, 2.45) is 13.0 Å². The fraction of sp³-hybridized carbons (Fsp3) is 0.350. The van der Waals surface area contributed by atoms with E-state index in [4.69, 9.17) is 0 Å². The predicted molar refractivity (Wildman–Crippen MR) is 115 cm³/mol. The highest BCUT2D eigenvalue weighted by Gasteiger charge is 2.29. The van der Waals surface area contributed by atoms with Gasteiger partial charge in [0.15, 0.2) is 5.65 Å². The minimum Gasteiger partial charge on any atom is -0.348 e. The van der Waals surface area contributed by atoms with Crippen molar-refractivity contribution in [2.45, 2.75) is 32.4 Å². The number of benzene rings is 1. The lowest BCUT2D eigenvalue weighted by molar-refractivity contribution is -0.122. The molecule has 0 bridgehead atoms. The molecule has 4 rings (SSSR count). The molecular formula is C20H21BrN6O3. The van der Waals surface area contributed by atoms with Gasteiger partial charge in [-0.2, -0.15) is 5.10 Å². The van der Waals surface area contributed by atoms with Gasteiger partial charge in [-0.3, -0.25) is 19.0 Å². The van der Waals surface area contributed by atoms with Gasteiger partial charge < -0.3 is 10.6 Å². The Balaban J connectivity index is 1.40. The summed E-state index contributed by atoms with van der Waals surface area (Å²) in [5.74, 6) is -0.107. The second kappa shape index (κ2) is 8.02. The molecule has 30 heavy (non-hydrogen) atoms. The highest BCUT2D eigenvalue weighted by atomic mass is 79.9. The van der Waals surface area contributed by atoms with Crippen LogP contribution < -0.4 is 16.2 Å². The van der Waals surface area contributed by atoms with Crippen LogP contribution >= 0.6 is 15.9 Å². The Kier molecular flexibility index (Phi) is 5.42. The number of aromatic nitrogens is 4. The number of carbonyl (C=O) groups excluding carboxylic acids is 2. The van der Waals surface area contributed by atoms with Crippen LogP contribution in [0.5, 0.6) is 0 Å². The number of nitrogens with one attached hydrogen (secondary N) is 2. The zero-order valence-electron chi connectivity index (χ0n) is 16.6. The lowest BCUT2D eigenvalue weighted by Crippen LogP contribution is -2.34. The molecule has 9 nitrogen and oxygen atoms in total. The van der Waals surface area contributed by atoms with E-state index in [0.717, 1.165) is 24.1 Å². The van der Waals surface area contributed by atoms with Crippen molar-refractivity contribution in [1.29, 1.82) is 0 Å². The summed E-state index contributed by atoms with van der Waals surface area (Å²) in [6.45, 7) is 1.71. The van der Waals surface area contributed by atoms with Gasteiger partial charge >= 0.3 is 0 Å². The monoisotopic (exact) mass is 472 g/mol. The number of rotatable bonds is 6. The number of anilines is 1. The largest absolute Gasteiger partial charge is 0.348 e. The van der Waals surface area contributed by atoms with Gasteiger partial charge in [-0.15, -0.1) is 0 Å². The maximum absolute atomic E-state index is 12.7. The Labute approximate surface area is 180 Å². The number of amides is 2. The van der Waals surface area contributed by atoms with E-state index >= 15 is 0 Å². The van der Waals surface area contributed by atoms with Crippen LogP contribution in [0.25, 0.3) is 11.0 Å². The first-order valence-electron chi connectivity index (χ1n) is 9.61. The fourth-order valence-corrected chi connectivity index (χ4v) is 3.80. The van der Waals surface area contributed by atoms with E-state index in [1.165, 1.54) is 15.6 Å². The molecule has 3 aromatic rings. The molecule has 1 atom stereocenters. The van der Waals surface area contributed by atoms with Crippen LogP contribution in [0.15, 0.2) is 40.0 Å². The quantitative estimate of drug-likeness (QED) is 0.570. The first-order chi connectivity index (χ1) is 14.3. The molecule has 1 aromatic carbocycles. The molecule has 0 aliphatic heterocycles. The summed E-state index contributed by atoms with van der Waals surface area (Å²) in [4.78, 5) is 41.2. The topological polar surface area (TPSA) is 111 Å². The molecule has 1 aliphatic rings. The standard InChI is InChI=1S/C20H21BrN6O3/c1-11(12-5-7-14(8-6-12)24-19(29)13-3-4-13)23-15(28)9-27-10-22-18-16(20(27)30)17(21)25-26(18)2/h5-8,10-11,13H,3-4,9H2,1-2H3,(H,23,28)(H,24,29). The fourth-order valence-electron chi connectivity index (χ4n) is 3.22. The molecule has 2 amide bonds. The lowest BCUT2D eigenvalue weighted by Gasteiger charge is -2.15. The van der Waals surface area contributed by atoms with E-state index in [1.54, 1.807) is 7.05 Å². The van der Waals surface area contributed by atoms with Gasteiger partial charge in [0.2, 0.25) is 11.8 Å². The van der Waals surface area contributed by atoms with Crippen molar-refractivity contribution in [1.82, 2.24) is 24.6 Å². The van der Waals surface area contributed by atoms with Gasteiger partial charge in [-0.25, -0.2) is 9.67 Å². The second-order valence-electron chi connectivity index (χ2n) is 7.47. The van der Waals surface area contributed by atoms with Gasteiger partial charge in [0.25, 0.3) is 5.56 Å². The first-order valence-corrected chi connectivity index (χ1v) is 10.4. The van der Waals surface area contributed by atoms with Crippen LogP contribution in [0, 0.1) is 5.92 Å². The van der Waals surface area contributed by atoms with E-state index in [2.05, 4.69) is 36.6 Å². The average Bonchev–Trinajstić information content (AvgIpc) is 3.50. The number of halogens is 1. The van der Waals surface area contributed by atoms with Gasteiger partial charge in [-0.1, -0.05) is 12.1 Å². The molecule has 10 heteroatoms. The number of hydrogen-bond acceptors (Lipinski definition) is 5. The molecule has 156 valence electrons. The van der Waals surface area contributed by atoms with E-state index in [-0.39, 0.29) is 35.9 Å². The molecule has 1 saturated carbocycles. The van der Waals surface area contributed by atoms with Gasteiger partial charge in [-0.05, 0) is 53.4 Å². The third-order valence-electron chi connectivity index (χ3n) is 5.09. The Hall–Kier alpha value is -3.01. The van der Waals surface area contributed by atoms with Crippen LogP contribution in [-0.2, 0) is 23.2 Å². The maximum atomic E-state index is 12.7. The molecule has 0 saturated heterocycles. The van der Waals surface area contributed by atoms with E-state index in [0.29, 0.717) is 15.6 Å². The van der Waals surface area contributed by atoms with Crippen molar-refractivity contribution in [3.05, 3.63) is 51.1 Å². The highest BCUT2D eigenvalue weighted by Crippen LogP contribution is 2.30. The van der Waals surface area contributed by atoms with E-state index in [9.17, 15) is 14.4 Å². The molecule has 1 fully saturated rings. The van der Waals surface area contributed by atoms with E-state index in [1.807, 2.05) is 31.2 Å². The summed E-state index contributed by atoms with van der Waals surface area (Å²) in [5.41, 5.74) is 1.75. The summed E-state index contributed by atoms with van der Waals surface area (Å²) >= 11 is 3.26. The highest BCUT2D eigenvalue weighted by molar-refractivity contribution is 9.10. The van der Waals surface area contributed by atoms with Gasteiger partial charge in [0.1, 0.15) is 22.9 Å². The summed E-state index contributed by atoms with van der Waals surface area (Å²) < 4.78 is 3.16. The van der Waals surface area contributed by atoms with Crippen LogP contribution in [0.3, 0.4) is 0 Å². The van der Waals surface area contributed by atoms with Crippen LogP contribution in [0.1, 0.15) is 31.4 Å². The van der Waals surface area contributed by atoms with Gasteiger partial charge in [0.05, 0.1) is 6.04 Å². The molecular weight excluding hydrogens is 452 g/mol. The number of fused-ring (bicyclic) bond motifs is 1. The molecule has 0 spiro atoms. The van der Waals surface area contributed by atoms with Crippen LogP contribution in [-0.4, -0.2) is 31.1 Å². The summed E-state index contributed by atoms with van der Waals surface area (Å²) in [7, 11) is 1.70. The number of nitrogens with zero attached hydrogens (tertiary/aromatic N) is 4. The van der Waals surface area contributed by atoms with Gasteiger partial charge in [0, 0.05) is 18.7 Å².